The van der Waals surface area contributed by atoms with Crippen LogP contribution in [0.1, 0.15) is 20.9 Å². The summed E-state index contributed by atoms with van der Waals surface area (Å²) in [6.07, 6.45) is 1.51. The van der Waals surface area contributed by atoms with E-state index in [-0.39, 0.29) is 16.9 Å². The number of fused-ring (bicyclic) bond motifs is 1. The Hall–Kier alpha value is -3.88. The van der Waals surface area contributed by atoms with Gasteiger partial charge in [-0.1, -0.05) is 35.9 Å². The maximum absolute atomic E-state index is 12.9. The Balaban J connectivity index is 1.16. The molecule has 36 heavy (non-hydrogen) atoms. The van der Waals surface area contributed by atoms with E-state index in [9.17, 15) is 9.59 Å². The van der Waals surface area contributed by atoms with Crippen LogP contribution in [0, 0.1) is 0 Å². The van der Waals surface area contributed by atoms with Gasteiger partial charge in [0.1, 0.15) is 0 Å². The van der Waals surface area contributed by atoms with Crippen LogP contribution in [0.4, 0.5) is 11.4 Å². The molecular weight excluding hydrogens is 496 g/mol. The third-order valence-corrected chi connectivity index (χ3v) is 6.66. The zero-order chi connectivity index (χ0) is 25.1. The molecule has 0 aliphatic carbocycles. The van der Waals surface area contributed by atoms with Crippen LogP contribution in [0.3, 0.4) is 0 Å². The van der Waals surface area contributed by atoms with E-state index < -0.39 is 0 Å². The lowest BCUT2D eigenvalue weighted by Crippen LogP contribution is -2.48. The molecule has 4 aromatic rings. The Morgan fingerprint density at radius 3 is 2.31 bits per heavy atom. The normalized spacial score (nSPS) is 13.5. The molecule has 1 aromatic heterocycles. The minimum Gasteiger partial charge on any atom is -0.459 e. The molecule has 182 valence electrons. The first-order valence-corrected chi connectivity index (χ1v) is 12.3. The number of amides is 2. The van der Waals surface area contributed by atoms with E-state index in [4.69, 9.17) is 28.2 Å². The van der Waals surface area contributed by atoms with Crippen molar-refractivity contribution in [2.75, 3.05) is 36.4 Å². The SMILES string of the molecule is O=C(NC(=S)Nc1ccc(N2CCN(C(=O)c3ccco3)CC2)cc1)c1cccc2c(Cl)cccc12. The summed E-state index contributed by atoms with van der Waals surface area (Å²) in [5.74, 6) is -0.0218. The van der Waals surface area contributed by atoms with Crippen molar-refractivity contribution in [3.05, 3.63) is 95.4 Å². The second kappa shape index (κ2) is 10.4. The number of hydrogen-bond donors (Lipinski definition) is 2. The molecule has 0 bridgehead atoms. The Morgan fingerprint density at radius 2 is 1.58 bits per heavy atom. The van der Waals surface area contributed by atoms with E-state index in [0.717, 1.165) is 35.2 Å². The summed E-state index contributed by atoms with van der Waals surface area (Å²) in [5, 5.41) is 8.18. The van der Waals surface area contributed by atoms with Crippen molar-refractivity contribution in [3.8, 4) is 0 Å². The smallest absolute Gasteiger partial charge is 0.289 e. The highest BCUT2D eigenvalue weighted by Gasteiger charge is 2.23. The second-order valence-corrected chi connectivity index (χ2v) is 9.17. The maximum atomic E-state index is 12.9. The number of thiocarbonyl (C=S) groups is 1. The fourth-order valence-electron chi connectivity index (χ4n) is 4.28. The van der Waals surface area contributed by atoms with Gasteiger partial charge in [0.05, 0.1) is 6.26 Å². The second-order valence-electron chi connectivity index (χ2n) is 8.35. The van der Waals surface area contributed by atoms with Crippen molar-refractivity contribution in [1.82, 2.24) is 10.2 Å². The standard InChI is InChI=1S/C27H23ClN4O3S/c28-23-7-2-4-20-21(23)5-1-6-22(20)25(33)30-27(36)29-18-9-11-19(12-10-18)31-13-15-32(16-14-31)26(34)24-8-3-17-35-24/h1-12,17H,13-16H2,(H2,29,30,33,36). The molecule has 0 saturated carbocycles. The number of hydrogen-bond acceptors (Lipinski definition) is 5. The van der Waals surface area contributed by atoms with E-state index >= 15 is 0 Å². The quantitative estimate of drug-likeness (QED) is 0.363. The number of halogens is 1. The minimum atomic E-state index is -0.307. The molecule has 9 heteroatoms. The summed E-state index contributed by atoms with van der Waals surface area (Å²) in [6, 6.07) is 22.1. The van der Waals surface area contributed by atoms with Crippen LogP contribution in [0.25, 0.3) is 10.8 Å². The molecule has 3 aromatic carbocycles. The molecule has 1 aliphatic rings. The zero-order valence-electron chi connectivity index (χ0n) is 19.2. The van der Waals surface area contributed by atoms with Crippen molar-refractivity contribution in [2.24, 2.45) is 0 Å². The number of benzene rings is 3. The van der Waals surface area contributed by atoms with Gasteiger partial charge in [0, 0.05) is 53.5 Å². The fourth-order valence-corrected chi connectivity index (χ4v) is 4.73. The Morgan fingerprint density at radius 1 is 0.861 bits per heavy atom. The number of nitrogens with one attached hydrogen (secondary N) is 2. The van der Waals surface area contributed by atoms with Crippen molar-refractivity contribution >= 4 is 62.9 Å². The zero-order valence-corrected chi connectivity index (χ0v) is 20.8. The number of rotatable bonds is 4. The van der Waals surface area contributed by atoms with Crippen LogP contribution >= 0.6 is 23.8 Å². The summed E-state index contributed by atoms with van der Waals surface area (Å²) >= 11 is 11.6. The number of piperazine rings is 1. The van der Waals surface area contributed by atoms with Crippen LogP contribution < -0.4 is 15.5 Å². The monoisotopic (exact) mass is 518 g/mol. The van der Waals surface area contributed by atoms with Gasteiger partial charge in [0.2, 0.25) is 0 Å². The maximum Gasteiger partial charge on any atom is 0.289 e. The number of carbonyl (C=O) groups excluding carboxylic acids is 2. The lowest BCUT2D eigenvalue weighted by Gasteiger charge is -2.35. The van der Waals surface area contributed by atoms with Gasteiger partial charge in [-0.15, -0.1) is 0 Å². The van der Waals surface area contributed by atoms with E-state index in [1.54, 1.807) is 35.2 Å². The highest BCUT2D eigenvalue weighted by molar-refractivity contribution is 7.80. The van der Waals surface area contributed by atoms with Crippen LogP contribution in [0.15, 0.2) is 83.5 Å². The minimum absolute atomic E-state index is 0.0821. The molecular formula is C27H23ClN4O3S. The van der Waals surface area contributed by atoms with E-state index in [1.807, 2.05) is 42.5 Å². The summed E-state index contributed by atoms with van der Waals surface area (Å²) in [4.78, 5) is 29.3. The molecule has 2 heterocycles. The molecule has 1 aliphatic heterocycles. The van der Waals surface area contributed by atoms with Gasteiger partial charge < -0.3 is 19.5 Å². The van der Waals surface area contributed by atoms with Crippen molar-refractivity contribution in [3.63, 3.8) is 0 Å². The van der Waals surface area contributed by atoms with Crippen LogP contribution in [-0.4, -0.2) is 48.0 Å². The Labute approximate surface area is 218 Å². The predicted molar refractivity (Wildman–Crippen MR) is 146 cm³/mol. The largest absolute Gasteiger partial charge is 0.459 e. The van der Waals surface area contributed by atoms with E-state index in [1.165, 1.54) is 6.26 Å². The molecule has 2 amide bonds. The molecule has 1 fully saturated rings. The van der Waals surface area contributed by atoms with Gasteiger partial charge in [0.15, 0.2) is 10.9 Å². The lowest BCUT2D eigenvalue weighted by molar-refractivity contribution is 0.0714. The van der Waals surface area contributed by atoms with Gasteiger partial charge in [0.25, 0.3) is 11.8 Å². The first-order chi connectivity index (χ1) is 17.5. The Kier molecular flexibility index (Phi) is 6.88. The molecule has 0 radical (unpaired) electrons. The summed E-state index contributed by atoms with van der Waals surface area (Å²) in [5.41, 5.74) is 2.31. The van der Waals surface area contributed by atoms with Crippen molar-refractivity contribution in [2.45, 2.75) is 0 Å². The predicted octanol–water partition coefficient (Wildman–Crippen LogP) is 5.18. The number of furan rings is 1. The molecule has 1 saturated heterocycles. The van der Waals surface area contributed by atoms with Crippen molar-refractivity contribution in [1.29, 1.82) is 0 Å². The highest BCUT2D eigenvalue weighted by atomic mass is 35.5. The summed E-state index contributed by atoms with van der Waals surface area (Å²) in [7, 11) is 0. The molecule has 7 nitrogen and oxygen atoms in total. The molecule has 0 unspecified atom stereocenters. The van der Waals surface area contributed by atoms with Crippen LogP contribution in [0.2, 0.25) is 5.02 Å². The van der Waals surface area contributed by atoms with Gasteiger partial charge in [-0.25, -0.2) is 0 Å². The summed E-state index contributed by atoms with van der Waals surface area (Å²) in [6.45, 7) is 2.69. The molecule has 0 atom stereocenters. The van der Waals surface area contributed by atoms with Gasteiger partial charge in [-0.2, -0.15) is 0 Å². The number of carbonyl (C=O) groups is 2. The molecule has 5 rings (SSSR count). The molecule has 2 N–H and O–H groups in total. The van der Waals surface area contributed by atoms with Crippen molar-refractivity contribution < 1.29 is 14.0 Å². The fraction of sp³-hybridized carbons (Fsp3) is 0.148. The Bertz CT molecular complexity index is 1420. The first kappa shape index (κ1) is 23.8. The van der Waals surface area contributed by atoms with Crippen LogP contribution in [-0.2, 0) is 0 Å². The highest BCUT2D eigenvalue weighted by Crippen LogP contribution is 2.26. The van der Waals surface area contributed by atoms with Gasteiger partial charge in [-0.05, 0) is 66.1 Å². The third kappa shape index (κ3) is 5.05. The van der Waals surface area contributed by atoms with E-state index in [2.05, 4.69) is 15.5 Å². The van der Waals surface area contributed by atoms with Gasteiger partial charge in [-0.3, -0.25) is 14.9 Å². The topological polar surface area (TPSA) is 77.8 Å². The number of anilines is 2. The average molecular weight is 519 g/mol. The van der Waals surface area contributed by atoms with E-state index in [0.29, 0.717) is 29.4 Å². The van der Waals surface area contributed by atoms with Crippen LogP contribution in [0.5, 0.6) is 0 Å². The molecule has 0 spiro atoms. The first-order valence-electron chi connectivity index (χ1n) is 11.5. The number of nitrogens with zero attached hydrogens (tertiary/aromatic N) is 2. The lowest BCUT2D eigenvalue weighted by atomic mass is 10.0. The van der Waals surface area contributed by atoms with Gasteiger partial charge >= 0.3 is 0 Å². The average Bonchev–Trinajstić information content (AvgIpc) is 3.44. The third-order valence-electron chi connectivity index (χ3n) is 6.13. The summed E-state index contributed by atoms with van der Waals surface area (Å²) < 4.78 is 5.22.